The zero-order chi connectivity index (χ0) is 11.9. The van der Waals surface area contributed by atoms with Crippen LogP contribution in [0.3, 0.4) is 0 Å². The molecule has 1 saturated heterocycles. The molecular weight excluding hydrogens is 338 g/mol. The molecule has 2 N–H and O–H groups in total. The molecule has 16 heavy (non-hydrogen) atoms. The summed E-state index contributed by atoms with van der Waals surface area (Å²) in [5.74, 6) is 0.621. The zero-order valence-corrected chi connectivity index (χ0v) is 11.9. The van der Waals surface area contributed by atoms with Gasteiger partial charge in [-0.3, -0.25) is 9.69 Å². The van der Waals surface area contributed by atoms with Gasteiger partial charge in [-0.1, -0.05) is 15.9 Å². The lowest BCUT2D eigenvalue weighted by molar-refractivity contribution is -0.117. The third kappa shape index (κ3) is 1.96. The fourth-order valence-corrected chi connectivity index (χ4v) is 2.55. The fraction of sp³-hybridized carbons (Fsp3) is 0.400. The van der Waals surface area contributed by atoms with Crippen LogP contribution in [0, 0.1) is 6.92 Å². The zero-order valence-electron chi connectivity index (χ0n) is 8.70. The van der Waals surface area contributed by atoms with Crippen molar-refractivity contribution in [2.75, 3.05) is 17.2 Å². The van der Waals surface area contributed by atoms with Crippen molar-refractivity contribution in [3.8, 4) is 0 Å². The molecular formula is C10H11Br2N3O. The molecule has 0 spiro atoms. The number of alkyl halides is 1. The van der Waals surface area contributed by atoms with Gasteiger partial charge in [-0.05, 0) is 28.4 Å². The lowest BCUT2D eigenvalue weighted by Crippen LogP contribution is -2.26. The van der Waals surface area contributed by atoms with Crippen LogP contribution in [0.25, 0.3) is 0 Å². The highest BCUT2D eigenvalue weighted by molar-refractivity contribution is 9.10. The van der Waals surface area contributed by atoms with E-state index < -0.39 is 0 Å². The smallest absolute Gasteiger partial charge is 0.229 e. The molecule has 1 fully saturated rings. The minimum atomic E-state index is 0.0581. The van der Waals surface area contributed by atoms with Crippen molar-refractivity contribution in [3.63, 3.8) is 0 Å². The van der Waals surface area contributed by atoms with E-state index in [0.717, 1.165) is 10.0 Å². The largest absolute Gasteiger partial charge is 0.395 e. The lowest BCUT2D eigenvalue weighted by Gasteiger charge is -2.18. The SMILES string of the molecule is Cc1c(Br)cnc(N2CC(Br)CC2=O)c1N. The number of carbonyl (C=O) groups is 1. The van der Waals surface area contributed by atoms with Crippen molar-refractivity contribution in [1.29, 1.82) is 0 Å². The first-order valence-electron chi connectivity index (χ1n) is 4.85. The summed E-state index contributed by atoms with van der Waals surface area (Å²) in [4.78, 5) is 17.8. The number of hydrogen-bond acceptors (Lipinski definition) is 3. The fourth-order valence-electron chi connectivity index (χ4n) is 1.66. The first-order chi connectivity index (χ1) is 7.50. The molecule has 1 aromatic rings. The predicted molar refractivity (Wildman–Crippen MR) is 70.8 cm³/mol. The van der Waals surface area contributed by atoms with Gasteiger partial charge in [0.2, 0.25) is 5.91 Å². The number of hydrogen-bond donors (Lipinski definition) is 1. The molecule has 1 aliphatic rings. The molecule has 1 aromatic heterocycles. The number of nitrogens with two attached hydrogens (primary N) is 1. The average Bonchev–Trinajstić information content (AvgIpc) is 2.55. The molecule has 2 rings (SSSR count). The Morgan fingerprint density at radius 1 is 1.62 bits per heavy atom. The van der Waals surface area contributed by atoms with Crippen molar-refractivity contribution in [2.45, 2.75) is 18.2 Å². The highest BCUT2D eigenvalue weighted by Gasteiger charge is 2.31. The van der Waals surface area contributed by atoms with E-state index in [1.807, 2.05) is 6.92 Å². The Morgan fingerprint density at radius 3 is 2.88 bits per heavy atom. The molecule has 4 nitrogen and oxygen atoms in total. The van der Waals surface area contributed by atoms with Gasteiger partial charge in [0.25, 0.3) is 0 Å². The third-order valence-corrected chi connectivity index (χ3v) is 4.05. The minimum Gasteiger partial charge on any atom is -0.395 e. The lowest BCUT2D eigenvalue weighted by atomic mass is 10.2. The second-order valence-electron chi connectivity index (χ2n) is 3.77. The Morgan fingerprint density at radius 2 is 2.31 bits per heavy atom. The normalized spacial score (nSPS) is 20.6. The number of rotatable bonds is 1. The van der Waals surface area contributed by atoms with Crippen molar-refractivity contribution >= 4 is 49.3 Å². The minimum absolute atomic E-state index is 0.0581. The first-order valence-corrected chi connectivity index (χ1v) is 6.56. The van der Waals surface area contributed by atoms with Gasteiger partial charge >= 0.3 is 0 Å². The summed E-state index contributed by atoms with van der Waals surface area (Å²) in [5.41, 5.74) is 7.44. The second-order valence-corrected chi connectivity index (χ2v) is 5.92. The maximum absolute atomic E-state index is 11.7. The summed E-state index contributed by atoms with van der Waals surface area (Å²) in [5, 5.41) is 0. The van der Waals surface area contributed by atoms with Crippen LogP contribution in [0.2, 0.25) is 0 Å². The molecule has 0 aliphatic carbocycles. The van der Waals surface area contributed by atoms with Crippen molar-refractivity contribution in [1.82, 2.24) is 4.98 Å². The summed E-state index contributed by atoms with van der Waals surface area (Å²) in [7, 11) is 0. The summed E-state index contributed by atoms with van der Waals surface area (Å²) in [6, 6.07) is 0. The van der Waals surface area contributed by atoms with Gasteiger partial charge in [-0.2, -0.15) is 0 Å². The van der Waals surface area contributed by atoms with E-state index in [-0.39, 0.29) is 10.7 Å². The molecule has 0 radical (unpaired) electrons. The van der Waals surface area contributed by atoms with Crippen LogP contribution in [0.1, 0.15) is 12.0 Å². The highest BCUT2D eigenvalue weighted by Crippen LogP contribution is 2.32. The van der Waals surface area contributed by atoms with Crippen molar-refractivity contribution in [2.24, 2.45) is 0 Å². The van der Waals surface area contributed by atoms with E-state index in [4.69, 9.17) is 5.73 Å². The van der Waals surface area contributed by atoms with Crippen LogP contribution in [0.15, 0.2) is 10.7 Å². The van der Waals surface area contributed by atoms with E-state index >= 15 is 0 Å². The monoisotopic (exact) mass is 347 g/mol. The van der Waals surface area contributed by atoms with Gasteiger partial charge in [0.15, 0.2) is 5.82 Å². The van der Waals surface area contributed by atoms with E-state index in [1.54, 1.807) is 11.1 Å². The van der Waals surface area contributed by atoms with Crippen molar-refractivity contribution < 1.29 is 4.79 Å². The topological polar surface area (TPSA) is 59.2 Å². The molecule has 1 aliphatic heterocycles. The summed E-state index contributed by atoms with van der Waals surface area (Å²) >= 11 is 6.79. The predicted octanol–water partition coefficient (Wildman–Crippen LogP) is 2.23. The number of amides is 1. The Labute approximate surface area is 110 Å². The first kappa shape index (κ1) is 11.9. The van der Waals surface area contributed by atoms with Gasteiger partial charge in [-0.15, -0.1) is 0 Å². The van der Waals surface area contributed by atoms with Crippen LogP contribution in [0.4, 0.5) is 11.5 Å². The highest BCUT2D eigenvalue weighted by atomic mass is 79.9. The molecule has 2 heterocycles. The number of nitrogens with zero attached hydrogens (tertiary/aromatic N) is 2. The van der Waals surface area contributed by atoms with Gasteiger partial charge in [-0.25, -0.2) is 4.98 Å². The maximum atomic E-state index is 11.7. The van der Waals surface area contributed by atoms with Crippen molar-refractivity contribution in [3.05, 3.63) is 16.2 Å². The number of nitrogen functional groups attached to an aromatic ring is 1. The summed E-state index contributed by atoms with van der Waals surface area (Å²) in [6.45, 7) is 2.52. The number of pyridine rings is 1. The molecule has 6 heteroatoms. The maximum Gasteiger partial charge on any atom is 0.229 e. The molecule has 86 valence electrons. The Kier molecular flexibility index (Phi) is 3.21. The van der Waals surface area contributed by atoms with E-state index in [1.165, 1.54) is 0 Å². The standard InChI is InChI=1S/C10H11Br2N3O/c1-5-7(12)3-14-10(9(5)13)15-4-6(11)2-8(15)16/h3,6H,2,4,13H2,1H3. The van der Waals surface area contributed by atoms with Gasteiger partial charge in [0, 0.05) is 28.5 Å². The molecule has 1 amide bonds. The Balaban J connectivity index is 2.42. The van der Waals surface area contributed by atoms with Crippen LogP contribution in [0.5, 0.6) is 0 Å². The van der Waals surface area contributed by atoms with Crippen LogP contribution >= 0.6 is 31.9 Å². The Hall–Kier alpha value is -0.620. The average molecular weight is 349 g/mol. The van der Waals surface area contributed by atoms with E-state index in [9.17, 15) is 4.79 Å². The van der Waals surface area contributed by atoms with Crippen LogP contribution in [-0.2, 0) is 4.79 Å². The molecule has 0 saturated carbocycles. The summed E-state index contributed by atoms with van der Waals surface area (Å²) < 4.78 is 0.857. The number of carbonyl (C=O) groups excluding carboxylic acids is 1. The van der Waals surface area contributed by atoms with Gasteiger partial charge in [0.1, 0.15) is 0 Å². The van der Waals surface area contributed by atoms with Crippen LogP contribution < -0.4 is 10.6 Å². The third-order valence-electron chi connectivity index (χ3n) is 2.64. The van der Waals surface area contributed by atoms with E-state index in [2.05, 4.69) is 36.8 Å². The number of halogens is 2. The van der Waals surface area contributed by atoms with E-state index in [0.29, 0.717) is 24.5 Å². The number of anilines is 2. The Bertz CT molecular complexity index is 450. The quantitative estimate of drug-likeness (QED) is 0.792. The number of aromatic nitrogens is 1. The molecule has 0 aromatic carbocycles. The second kappa shape index (κ2) is 4.33. The molecule has 0 bridgehead atoms. The van der Waals surface area contributed by atoms with Gasteiger partial charge in [0.05, 0.1) is 5.69 Å². The van der Waals surface area contributed by atoms with Crippen LogP contribution in [-0.4, -0.2) is 22.3 Å². The summed E-state index contributed by atoms with van der Waals surface area (Å²) in [6.07, 6.45) is 2.17. The molecule has 1 atom stereocenters. The molecule has 1 unspecified atom stereocenters. The van der Waals surface area contributed by atoms with Gasteiger partial charge < -0.3 is 5.73 Å².